The summed E-state index contributed by atoms with van der Waals surface area (Å²) in [5.74, 6) is 0. The van der Waals surface area contributed by atoms with E-state index in [1.54, 1.807) is 0 Å². The Bertz CT molecular complexity index is 4020. The monoisotopic (exact) mass is 979 g/mol. The van der Waals surface area contributed by atoms with Gasteiger partial charge in [-0.3, -0.25) is 0 Å². The number of hydrogen-bond acceptors (Lipinski definition) is 2. The van der Waals surface area contributed by atoms with Crippen LogP contribution in [0.5, 0.6) is 0 Å². The van der Waals surface area contributed by atoms with Crippen LogP contribution in [-0.4, -0.2) is 12.6 Å². The van der Waals surface area contributed by atoms with Crippen molar-refractivity contribution in [3.05, 3.63) is 301 Å². The van der Waals surface area contributed by atoms with E-state index in [1.165, 1.54) is 70.4 Å². The quantitative estimate of drug-likeness (QED) is 0.0945. The lowest BCUT2D eigenvalue weighted by Crippen LogP contribution is -2.68. The van der Waals surface area contributed by atoms with E-state index >= 15 is 0 Å². The molecular weight excluding hydrogens is 923 g/mol. The predicted octanol–water partition coefficient (Wildman–Crippen LogP) is 16.8. The number of nitrogens with zero attached hydrogens (tertiary/aromatic N) is 3. The zero-order valence-corrected chi connectivity index (χ0v) is 43.6. The van der Waals surface area contributed by atoms with Crippen LogP contribution in [0.15, 0.2) is 284 Å². The smallest absolute Gasteiger partial charge is 0.179 e. The van der Waals surface area contributed by atoms with Gasteiger partial charge in [0.1, 0.15) is 0 Å². The van der Waals surface area contributed by atoms with Gasteiger partial charge >= 0.3 is 0 Å². The highest BCUT2D eigenvalue weighted by Crippen LogP contribution is 2.51. The third-order valence-corrected chi connectivity index (χ3v) is 20.4. The summed E-state index contributed by atoms with van der Waals surface area (Å²) in [6.07, 6.45) is 12.6. The number of benzene rings is 10. The van der Waals surface area contributed by atoms with Crippen molar-refractivity contribution in [2.24, 2.45) is 0 Å². The molecule has 11 aromatic rings. The van der Waals surface area contributed by atoms with Crippen molar-refractivity contribution in [2.75, 3.05) is 9.80 Å². The average molecular weight is 980 g/mol. The fourth-order valence-electron chi connectivity index (χ4n) is 12.4. The molecule has 10 aromatic carbocycles. The molecule has 360 valence electrons. The van der Waals surface area contributed by atoms with Crippen LogP contribution >= 0.6 is 0 Å². The average Bonchev–Trinajstić information content (AvgIpc) is 3.77. The molecule has 2 aliphatic carbocycles. The topological polar surface area (TPSA) is 11.4 Å². The number of hydrogen-bond donors (Lipinski definition) is 0. The zero-order valence-electron chi connectivity index (χ0n) is 42.6. The number of aryl methyl sites for hydroxylation is 1. The molecule has 0 bridgehead atoms. The minimum Gasteiger partial charge on any atom is -0.310 e. The van der Waals surface area contributed by atoms with Gasteiger partial charge in [-0.1, -0.05) is 196 Å². The molecule has 3 nitrogen and oxygen atoms in total. The van der Waals surface area contributed by atoms with E-state index in [-0.39, 0.29) is 5.41 Å². The van der Waals surface area contributed by atoms with Crippen molar-refractivity contribution < 1.29 is 0 Å². The van der Waals surface area contributed by atoms with Crippen molar-refractivity contribution in [3.8, 4) is 16.8 Å². The summed E-state index contributed by atoms with van der Waals surface area (Å²) < 4.78 is 2.39. The largest absolute Gasteiger partial charge is 0.310 e. The van der Waals surface area contributed by atoms with Crippen LogP contribution in [0.3, 0.4) is 0 Å². The summed E-state index contributed by atoms with van der Waals surface area (Å²) in [5, 5.41) is 7.73. The summed E-state index contributed by atoms with van der Waals surface area (Å²) in [5.41, 5.74) is 16.7. The second-order valence-corrected chi connectivity index (χ2v) is 24.4. The van der Waals surface area contributed by atoms with Gasteiger partial charge in [0.15, 0.2) is 8.07 Å². The van der Waals surface area contributed by atoms with Gasteiger partial charge < -0.3 is 14.4 Å². The Morgan fingerprint density at radius 2 is 0.987 bits per heavy atom. The van der Waals surface area contributed by atoms with Crippen LogP contribution in [-0.2, 0) is 5.41 Å². The van der Waals surface area contributed by atoms with Gasteiger partial charge in [0, 0.05) is 56.0 Å². The lowest BCUT2D eigenvalue weighted by Gasteiger charge is -2.37. The molecule has 0 fully saturated rings. The fourth-order valence-corrected chi connectivity index (χ4v) is 17.3. The Labute approximate surface area is 442 Å². The molecule has 0 saturated carbocycles. The molecule has 0 radical (unpaired) electrons. The van der Waals surface area contributed by atoms with E-state index in [2.05, 4.69) is 314 Å². The highest BCUT2D eigenvalue weighted by atomic mass is 28.3. The first-order valence-corrected chi connectivity index (χ1v) is 28.2. The molecule has 0 aliphatic heterocycles. The highest BCUT2D eigenvalue weighted by Gasteiger charge is 2.43. The van der Waals surface area contributed by atoms with Gasteiger partial charge in [0.2, 0.25) is 0 Å². The van der Waals surface area contributed by atoms with Crippen molar-refractivity contribution in [1.29, 1.82) is 0 Å². The van der Waals surface area contributed by atoms with Gasteiger partial charge in [-0.25, -0.2) is 0 Å². The van der Waals surface area contributed by atoms with Crippen LogP contribution in [0.25, 0.3) is 38.6 Å². The maximum Gasteiger partial charge on any atom is 0.179 e. The number of aromatic nitrogens is 1. The van der Waals surface area contributed by atoms with E-state index in [9.17, 15) is 0 Å². The second kappa shape index (κ2) is 18.8. The van der Waals surface area contributed by atoms with Gasteiger partial charge in [-0.2, -0.15) is 0 Å². The Morgan fingerprint density at radius 3 is 1.76 bits per heavy atom. The maximum atomic E-state index is 2.52. The van der Waals surface area contributed by atoms with Crippen molar-refractivity contribution >= 4 is 79.6 Å². The number of fused-ring (bicyclic) bond motifs is 6. The zero-order chi connectivity index (χ0) is 50.5. The number of allylic oxidation sites excluding steroid dienone is 6. The summed E-state index contributed by atoms with van der Waals surface area (Å²) in [7, 11) is -3.18. The van der Waals surface area contributed by atoms with Crippen LogP contribution in [0.4, 0.5) is 34.1 Å². The fraction of sp³-hybridized carbons (Fsp3) is 0.0704. The molecule has 75 heavy (non-hydrogen) atoms. The van der Waals surface area contributed by atoms with Gasteiger partial charge in [-0.05, 0) is 159 Å². The minimum atomic E-state index is -3.18. The standard InChI is InChI=1S/C71H57N3Si/c1-51-45-58(73(53-27-12-7-13-28-53)56-41-43-68-65(49-56)63-37-20-22-39-67(63)71(68,2)3)48-62(46-51)75(60-34-18-9-19-35-60,59-32-16-4-5-17-33-59)61-36-24-31-55(47-61)72(52-25-10-6-11-26-52)57-42-44-70-66(50-57)64-38-21-23-40-69(64)74(70)54-29-14-8-15-30-54/h4,6-50H,5H2,1-3H3. The van der Waals surface area contributed by atoms with E-state index in [0.717, 1.165) is 46.2 Å². The summed E-state index contributed by atoms with van der Waals surface area (Å²) in [6, 6.07) is 92.6. The third kappa shape index (κ3) is 7.80. The summed E-state index contributed by atoms with van der Waals surface area (Å²) in [6.45, 7) is 6.99. The van der Waals surface area contributed by atoms with Crippen LogP contribution < -0.4 is 25.4 Å². The van der Waals surface area contributed by atoms with Crippen molar-refractivity contribution in [1.82, 2.24) is 4.57 Å². The lowest BCUT2D eigenvalue weighted by molar-refractivity contribution is 0.660. The molecule has 0 amide bonds. The number of rotatable bonds is 11. The third-order valence-electron chi connectivity index (χ3n) is 15.7. The Morgan fingerprint density at radius 1 is 0.413 bits per heavy atom. The molecule has 1 aromatic heterocycles. The van der Waals surface area contributed by atoms with E-state index in [4.69, 9.17) is 0 Å². The summed E-state index contributed by atoms with van der Waals surface area (Å²) in [4.78, 5) is 4.93. The van der Waals surface area contributed by atoms with E-state index in [1.807, 2.05) is 0 Å². The second-order valence-electron chi connectivity index (χ2n) is 20.5. The first kappa shape index (κ1) is 45.9. The van der Waals surface area contributed by atoms with Crippen LogP contribution in [0, 0.1) is 6.92 Å². The first-order chi connectivity index (χ1) is 36.9. The molecule has 1 heterocycles. The van der Waals surface area contributed by atoms with Crippen molar-refractivity contribution in [2.45, 2.75) is 32.6 Å². The summed E-state index contributed by atoms with van der Waals surface area (Å²) >= 11 is 0. The molecule has 0 N–H and O–H groups in total. The number of anilines is 6. The first-order valence-electron chi connectivity index (χ1n) is 26.2. The van der Waals surface area contributed by atoms with E-state index < -0.39 is 8.07 Å². The normalized spacial score (nSPS) is 14.2. The molecule has 2 aliphatic rings. The van der Waals surface area contributed by atoms with E-state index in [0.29, 0.717) is 0 Å². The molecule has 4 heteroatoms. The SMILES string of the molecule is Cc1cc(N(c2ccccc2)c2ccc3c(c2)-c2ccccc2C3(C)C)cc([Si](C2=CC=CCC=C2)(c2ccccc2)c2cccc(N(c3ccccc3)c3ccc4c(c3)c3ccccc3n4-c3ccccc3)c2)c1. The van der Waals surface area contributed by atoms with Crippen molar-refractivity contribution in [3.63, 3.8) is 0 Å². The van der Waals surface area contributed by atoms with Gasteiger partial charge in [0.25, 0.3) is 0 Å². The molecule has 0 saturated heterocycles. The Hall–Kier alpha value is -8.96. The maximum absolute atomic E-state index is 3.18. The highest BCUT2D eigenvalue weighted by molar-refractivity contribution is 7.16. The molecular formula is C71H57N3Si. The molecule has 0 spiro atoms. The van der Waals surface area contributed by atoms with Gasteiger partial charge in [0.05, 0.1) is 11.0 Å². The predicted molar refractivity (Wildman–Crippen MR) is 321 cm³/mol. The minimum absolute atomic E-state index is 0.0893. The van der Waals surface area contributed by atoms with Crippen LogP contribution in [0.2, 0.25) is 0 Å². The van der Waals surface area contributed by atoms with Crippen LogP contribution in [0.1, 0.15) is 37.0 Å². The molecule has 1 atom stereocenters. The molecule has 1 unspecified atom stereocenters. The van der Waals surface area contributed by atoms with Gasteiger partial charge in [-0.15, -0.1) is 0 Å². The molecule has 13 rings (SSSR count). The Balaban J connectivity index is 1.04. The number of para-hydroxylation sites is 4. The Kier molecular flexibility index (Phi) is 11.5. The lowest BCUT2D eigenvalue weighted by atomic mass is 9.82.